The van der Waals surface area contributed by atoms with E-state index in [1.165, 1.54) is 46.1 Å². The van der Waals surface area contributed by atoms with Crippen molar-refractivity contribution in [1.82, 2.24) is 10.3 Å². The second kappa shape index (κ2) is 9.12. The lowest BCUT2D eigenvalue weighted by Gasteiger charge is -2.38. The number of piperazine rings is 1. The molecule has 0 amide bonds. The van der Waals surface area contributed by atoms with Crippen molar-refractivity contribution in [2.24, 2.45) is 0 Å². The Labute approximate surface area is 195 Å². The van der Waals surface area contributed by atoms with E-state index >= 15 is 0 Å². The van der Waals surface area contributed by atoms with Crippen LogP contribution < -0.4 is 15.1 Å². The van der Waals surface area contributed by atoms with Gasteiger partial charge in [0.2, 0.25) is 0 Å². The number of aromatic nitrogens is 1. The predicted molar refractivity (Wildman–Crippen MR) is 133 cm³/mol. The van der Waals surface area contributed by atoms with Gasteiger partial charge in [0.15, 0.2) is 6.29 Å². The van der Waals surface area contributed by atoms with Crippen LogP contribution >= 0.6 is 0 Å². The molecule has 33 heavy (non-hydrogen) atoms. The van der Waals surface area contributed by atoms with Crippen molar-refractivity contribution in [3.63, 3.8) is 0 Å². The van der Waals surface area contributed by atoms with E-state index in [0.717, 1.165) is 51.7 Å². The van der Waals surface area contributed by atoms with Crippen LogP contribution in [0.2, 0.25) is 0 Å². The van der Waals surface area contributed by atoms with Crippen molar-refractivity contribution >= 4 is 28.4 Å². The molecule has 2 unspecified atom stereocenters. The molecule has 6 heteroatoms. The van der Waals surface area contributed by atoms with Crippen molar-refractivity contribution in [1.29, 1.82) is 0 Å². The van der Waals surface area contributed by atoms with Gasteiger partial charge in [-0.15, -0.1) is 0 Å². The highest BCUT2D eigenvalue weighted by Crippen LogP contribution is 2.36. The average Bonchev–Trinajstić information content (AvgIpc) is 3.21. The van der Waals surface area contributed by atoms with Gasteiger partial charge in [0.05, 0.1) is 12.2 Å². The zero-order chi connectivity index (χ0) is 22.9. The summed E-state index contributed by atoms with van der Waals surface area (Å²) in [4.78, 5) is 21.4. The van der Waals surface area contributed by atoms with Crippen LogP contribution in [0.4, 0.5) is 11.4 Å². The van der Waals surface area contributed by atoms with Gasteiger partial charge < -0.3 is 20.2 Å². The molecule has 0 spiro atoms. The number of carbonyl (C=O) groups is 1. The maximum absolute atomic E-state index is 11.7. The summed E-state index contributed by atoms with van der Waals surface area (Å²) in [5.41, 5.74) is 6.74. The van der Waals surface area contributed by atoms with Crippen LogP contribution in [0, 0.1) is 6.92 Å². The average molecular weight is 445 g/mol. The second-order valence-corrected chi connectivity index (χ2v) is 9.27. The van der Waals surface area contributed by atoms with Gasteiger partial charge in [-0.1, -0.05) is 30.3 Å². The standard InChI is InChI=1S/C26H28N4O.CH4O/c1-17-4-2-5-18-6-3-7-24(26(17)18)29-11-10-22-23(15-29)28-21(16-31)12-25(22)30-13-19-8-9-20(14-30)27-19;1-2/h2-7,12,16,19-20,27H,8-11,13-15H2,1H3;2H,1H3. The Hall–Kier alpha value is -2.96. The quantitative estimate of drug-likeness (QED) is 0.603. The monoisotopic (exact) mass is 444 g/mol. The number of aldehydes is 1. The fourth-order valence-electron chi connectivity index (χ4n) is 5.85. The number of hydrogen-bond donors (Lipinski definition) is 2. The van der Waals surface area contributed by atoms with E-state index in [-0.39, 0.29) is 0 Å². The number of nitrogens with zero attached hydrogens (tertiary/aromatic N) is 3. The lowest BCUT2D eigenvalue weighted by Crippen LogP contribution is -2.51. The first-order valence-corrected chi connectivity index (χ1v) is 11.9. The van der Waals surface area contributed by atoms with E-state index in [4.69, 9.17) is 10.1 Å². The van der Waals surface area contributed by atoms with E-state index in [9.17, 15) is 4.79 Å². The molecular formula is C27H32N4O2. The molecule has 2 aromatic carbocycles. The zero-order valence-corrected chi connectivity index (χ0v) is 19.4. The first-order chi connectivity index (χ1) is 16.2. The molecule has 0 radical (unpaired) electrons. The number of carbonyl (C=O) groups excluding carboxylic acids is 1. The molecular weight excluding hydrogens is 412 g/mol. The summed E-state index contributed by atoms with van der Waals surface area (Å²) in [6.07, 6.45) is 4.37. The number of hydrogen-bond acceptors (Lipinski definition) is 6. The topological polar surface area (TPSA) is 68.7 Å². The van der Waals surface area contributed by atoms with Gasteiger partial charge in [-0.3, -0.25) is 4.79 Å². The van der Waals surface area contributed by atoms with Crippen LogP contribution in [-0.2, 0) is 13.0 Å². The van der Waals surface area contributed by atoms with Crippen molar-refractivity contribution in [3.05, 3.63) is 65.0 Å². The second-order valence-electron chi connectivity index (χ2n) is 9.27. The maximum atomic E-state index is 11.7. The fraction of sp³-hybridized carbons (Fsp3) is 0.407. The Kier molecular flexibility index (Phi) is 6.04. The number of benzene rings is 2. The van der Waals surface area contributed by atoms with Crippen LogP contribution in [0.3, 0.4) is 0 Å². The van der Waals surface area contributed by atoms with E-state index in [1.807, 2.05) is 6.07 Å². The highest BCUT2D eigenvalue weighted by atomic mass is 16.2. The Bertz CT molecular complexity index is 1160. The lowest BCUT2D eigenvalue weighted by atomic mass is 9.97. The third kappa shape index (κ3) is 3.98. The molecule has 6 rings (SSSR count). The van der Waals surface area contributed by atoms with Crippen molar-refractivity contribution in [2.45, 2.75) is 44.8 Å². The molecule has 2 N–H and O–H groups in total. The summed E-state index contributed by atoms with van der Waals surface area (Å²) >= 11 is 0. The number of aliphatic hydroxyl groups excluding tert-OH is 1. The molecule has 3 aliphatic heterocycles. The zero-order valence-electron chi connectivity index (χ0n) is 19.4. The number of aryl methyl sites for hydroxylation is 1. The van der Waals surface area contributed by atoms with Gasteiger partial charge in [-0.25, -0.2) is 4.98 Å². The largest absolute Gasteiger partial charge is 0.400 e. The van der Waals surface area contributed by atoms with Gasteiger partial charge in [-0.05, 0) is 49.3 Å². The number of aliphatic hydroxyl groups is 1. The molecule has 4 heterocycles. The Morgan fingerprint density at radius 1 is 1.03 bits per heavy atom. The highest BCUT2D eigenvalue weighted by molar-refractivity contribution is 5.97. The molecule has 0 saturated carbocycles. The first kappa shape index (κ1) is 21.9. The number of nitrogens with one attached hydrogen (secondary N) is 1. The minimum Gasteiger partial charge on any atom is -0.400 e. The van der Waals surface area contributed by atoms with Crippen LogP contribution in [-0.4, -0.2) is 55.2 Å². The highest BCUT2D eigenvalue weighted by Gasteiger charge is 2.34. The number of pyridine rings is 1. The summed E-state index contributed by atoms with van der Waals surface area (Å²) in [6.45, 7) is 5.95. The first-order valence-electron chi connectivity index (χ1n) is 11.9. The molecule has 3 aliphatic rings. The predicted octanol–water partition coefficient (Wildman–Crippen LogP) is 3.47. The number of anilines is 2. The molecule has 6 nitrogen and oxygen atoms in total. The Morgan fingerprint density at radius 3 is 2.48 bits per heavy atom. The van der Waals surface area contributed by atoms with Crippen molar-refractivity contribution in [2.75, 3.05) is 36.5 Å². The minimum atomic E-state index is 0.551. The van der Waals surface area contributed by atoms with E-state index in [1.54, 1.807) is 0 Å². The molecule has 0 aliphatic carbocycles. The van der Waals surface area contributed by atoms with Gasteiger partial charge >= 0.3 is 0 Å². The molecule has 3 aromatic rings. The summed E-state index contributed by atoms with van der Waals surface area (Å²) in [7, 11) is 1.00. The normalized spacial score (nSPS) is 21.4. The Morgan fingerprint density at radius 2 is 1.76 bits per heavy atom. The number of rotatable bonds is 3. The molecule has 2 atom stereocenters. The van der Waals surface area contributed by atoms with Gasteiger partial charge in [0.1, 0.15) is 5.69 Å². The number of fused-ring (bicyclic) bond motifs is 4. The van der Waals surface area contributed by atoms with E-state index in [0.29, 0.717) is 17.8 Å². The van der Waals surface area contributed by atoms with Crippen molar-refractivity contribution in [3.8, 4) is 0 Å². The third-order valence-corrected chi connectivity index (χ3v) is 7.29. The van der Waals surface area contributed by atoms with Crippen LogP contribution in [0.25, 0.3) is 10.8 Å². The fourth-order valence-corrected chi connectivity index (χ4v) is 5.85. The van der Waals surface area contributed by atoms with Crippen LogP contribution in [0.1, 0.15) is 40.2 Å². The van der Waals surface area contributed by atoms with E-state index < -0.39 is 0 Å². The summed E-state index contributed by atoms with van der Waals surface area (Å²) in [5, 5.41) is 13.3. The molecule has 2 saturated heterocycles. The van der Waals surface area contributed by atoms with E-state index in [2.05, 4.69) is 58.4 Å². The van der Waals surface area contributed by atoms with Crippen LogP contribution in [0.5, 0.6) is 0 Å². The third-order valence-electron chi connectivity index (χ3n) is 7.29. The summed E-state index contributed by atoms with van der Waals surface area (Å²) in [6, 6.07) is 16.2. The molecule has 172 valence electrons. The maximum Gasteiger partial charge on any atom is 0.168 e. The molecule has 2 fully saturated rings. The SMILES string of the molecule is CO.Cc1cccc2cccc(N3CCc4c(N5CC6CCC(C5)N6)cc(C=O)nc4C3)c12. The Balaban J connectivity index is 0.00000111. The molecule has 2 bridgehead atoms. The molecule has 1 aromatic heterocycles. The van der Waals surface area contributed by atoms with Gasteiger partial charge in [0, 0.05) is 61.2 Å². The minimum absolute atomic E-state index is 0.551. The van der Waals surface area contributed by atoms with Crippen LogP contribution in [0.15, 0.2) is 42.5 Å². The van der Waals surface area contributed by atoms with Gasteiger partial charge in [-0.2, -0.15) is 0 Å². The van der Waals surface area contributed by atoms with Crippen molar-refractivity contribution < 1.29 is 9.90 Å². The summed E-state index contributed by atoms with van der Waals surface area (Å²) < 4.78 is 0. The van der Waals surface area contributed by atoms with Gasteiger partial charge in [0.25, 0.3) is 0 Å². The lowest BCUT2D eigenvalue weighted by molar-refractivity contribution is 0.111. The smallest absolute Gasteiger partial charge is 0.168 e. The summed E-state index contributed by atoms with van der Waals surface area (Å²) in [5.74, 6) is 0.